The van der Waals surface area contributed by atoms with Crippen LogP contribution in [0, 0.1) is 0 Å². The molecule has 2 N–H and O–H groups in total. The molecule has 0 atom stereocenters. The van der Waals surface area contributed by atoms with Crippen LogP contribution in [0.1, 0.15) is 24.0 Å². The van der Waals surface area contributed by atoms with Gasteiger partial charge in [0, 0.05) is 43.0 Å². The molecular weight excluding hydrogens is 408 g/mol. The van der Waals surface area contributed by atoms with Gasteiger partial charge in [0.1, 0.15) is 5.82 Å². The Kier molecular flexibility index (Phi) is 4.85. The Bertz CT molecular complexity index is 1190. The number of nitrogens with zero attached hydrogens (tertiary/aromatic N) is 3. The number of piperidine rings is 1. The molecule has 160 valence electrons. The Morgan fingerprint density at radius 3 is 2.42 bits per heavy atom. The van der Waals surface area contributed by atoms with Gasteiger partial charge in [-0.2, -0.15) is 0 Å². The molecule has 5 rings (SSSR count). The first kappa shape index (κ1) is 19.9. The Labute approximate surface area is 183 Å². The van der Waals surface area contributed by atoms with Crippen molar-refractivity contribution in [2.24, 2.45) is 0 Å². The van der Waals surface area contributed by atoms with Crippen LogP contribution in [0.4, 0.5) is 17.2 Å². The molecular formula is C24H26N4O2S. The maximum atomic E-state index is 13.4. The summed E-state index contributed by atoms with van der Waals surface area (Å²) in [7, 11) is -3.48. The van der Waals surface area contributed by atoms with Gasteiger partial charge < -0.3 is 10.6 Å². The van der Waals surface area contributed by atoms with Crippen LogP contribution in [0.2, 0.25) is 0 Å². The summed E-state index contributed by atoms with van der Waals surface area (Å²) in [4.78, 5) is 6.70. The van der Waals surface area contributed by atoms with Crippen molar-refractivity contribution in [3.05, 3.63) is 84.1 Å². The van der Waals surface area contributed by atoms with Crippen molar-refractivity contribution in [2.45, 2.75) is 24.0 Å². The van der Waals surface area contributed by atoms with Gasteiger partial charge in [-0.05, 0) is 36.1 Å². The van der Waals surface area contributed by atoms with E-state index in [1.165, 1.54) is 0 Å². The largest absolute Gasteiger partial charge is 0.399 e. The summed E-state index contributed by atoms with van der Waals surface area (Å²) in [5, 5.41) is 0. The highest BCUT2D eigenvalue weighted by Crippen LogP contribution is 2.48. The average molecular weight is 435 g/mol. The molecule has 1 fully saturated rings. The summed E-state index contributed by atoms with van der Waals surface area (Å²) in [6.45, 7) is 2.13. The first-order valence-corrected chi connectivity index (χ1v) is 12.2. The molecule has 3 heterocycles. The van der Waals surface area contributed by atoms with Gasteiger partial charge in [-0.1, -0.05) is 48.5 Å². The summed E-state index contributed by atoms with van der Waals surface area (Å²) >= 11 is 0. The van der Waals surface area contributed by atoms with Crippen molar-refractivity contribution in [1.29, 1.82) is 0 Å². The van der Waals surface area contributed by atoms with E-state index in [-0.39, 0.29) is 11.2 Å². The van der Waals surface area contributed by atoms with Gasteiger partial charge >= 0.3 is 0 Å². The lowest BCUT2D eigenvalue weighted by molar-refractivity contribution is 0.355. The number of para-hydroxylation sites is 1. The molecule has 2 aliphatic heterocycles. The smallest absolute Gasteiger partial charge is 0.239 e. The number of hydrogen-bond donors (Lipinski definition) is 1. The fourth-order valence-corrected chi connectivity index (χ4v) is 6.57. The minimum absolute atomic E-state index is 0.0115. The maximum Gasteiger partial charge on any atom is 0.239 e. The van der Waals surface area contributed by atoms with Gasteiger partial charge in [-0.25, -0.2) is 13.4 Å². The number of rotatable bonds is 4. The van der Waals surface area contributed by atoms with Crippen LogP contribution in [0.25, 0.3) is 0 Å². The van der Waals surface area contributed by atoms with Crippen molar-refractivity contribution in [3.8, 4) is 0 Å². The van der Waals surface area contributed by atoms with Crippen LogP contribution < -0.4 is 14.9 Å². The van der Waals surface area contributed by atoms with Gasteiger partial charge in [0.15, 0.2) is 0 Å². The zero-order valence-electron chi connectivity index (χ0n) is 17.3. The predicted molar refractivity (Wildman–Crippen MR) is 125 cm³/mol. The minimum Gasteiger partial charge on any atom is -0.399 e. The third-order valence-electron chi connectivity index (χ3n) is 6.53. The van der Waals surface area contributed by atoms with E-state index in [4.69, 9.17) is 5.73 Å². The molecule has 1 spiro atoms. The van der Waals surface area contributed by atoms with E-state index >= 15 is 0 Å². The average Bonchev–Trinajstić information content (AvgIpc) is 3.10. The van der Waals surface area contributed by atoms with Crippen molar-refractivity contribution >= 4 is 27.2 Å². The lowest BCUT2D eigenvalue weighted by Gasteiger charge is -2.40. The quantitative estimate of drug-likeness (QED) is 0.679. The zero-order valence-corrected chi connectivity index (χ0v) is 18.1. The number of nitrogen functional groups attached to an aromatic ring is 1. The number of anilines is 3. The van der Waals surface area contributed by atoms with Crippen molar-refractivity contribution < 1.29 is 8.42 Å². The highest BCUT2D eigenvalue weighted by Gasteiger charge is 2.47. The molecule has 3 aromatic rings. The highest BCUT2D eigenvalue weighted by molar-refractivity contribution is 7.92. The Hall–Kier alpha value is -3.06. The van der Waals surface area contributed by atoms with E-state index in [0.29, 0.717) is 12.2 Å². The number of fused-ring (bicyclic) bond motifs is 2. The van der Waals surface area contributed by atoms with E-state index < -0.39 is 10.0 Å². The Balaban J connectivity index is 1.42. The molecule has 1 saturated heterocycles. The van der Waals surface area contributed by atoms with Crippen LogP contribution in [0.15, 0.2) is 72.9 Å². The molecule has 1 aromatic heterocycles. The number of benzene rings is 2. The molecule has 0 aliphatic carbocycles. The predicted octanol–water partition coefficient (Wildman–Crippen LogP) is 3.55. The molecule has 2 aromatic carbocycles. The highest BCUT2D eigenvalue weighted by atomic mass is 32.2. The second-order valence-electron chi connectivity index (χ2n) is 8.48. The fourth-order valence-electron chi connectivity index (χ4n) is 4.89. The number of aromatic nitrogens is 1. The monoisotopic (exact) mass is 434 g/mol. The second-order valence-corrected chi connectivity index (χ2v) is 10.4. The van der Waals surface area contributed by atoms with Crippen LogP contribution >= 0.6 is 0 Å². The summed E-state index contributed by atoms with van der Waals surface area (Å²) in [6, 6.07) is 21.1. The van der Waals surface area contributed by atoms with E-state index in [1.807, 2.05) is 54.6 Å². The standard InChI is InChI=1S/C24H26N4O2S/c25-20-10-13-26-23(16-20)27-14-11-24(12-15-27)18-28(22-9-5-4-8-21(22)24)31(29,30)17-19-6-2-1-3-7-19/h1-10,13,16H,11-12,14-15,17-18H2,(H2,25,26). The fraction of sp³-hybridized carbons (Fsp3) is 0.292. The zero-order chi connectivity index (χ0) is 21.5. The number of pyridine rings is 1. The number of nitrogens with two attached hydrogens (primary N) is 1. The Morgan fingerprint density at radius 1 is 0.968 bits per heavy atom. The van der Waals surface area contributed by atoms with Crippen LogP contribution in [0.5, 0.6) is 0 Å². The van der Waals surface area contributed by atoms with Gasteiger partial charge in [-0.15, -0.1) is 0 Å². The van der Waals surface area contributed by atoms with Crippen molar-refractivity contribution in [3.63, 3.8) is 0 Å². The molecule has 31 heavy (non-hydrogen) atoms. The van der Waals surface area contributed by atoms with Crippen molar-refractivity contribution in [2.75, 3.05) is 34.6 Å². The van der Waals surface area contributed by atoms with Crippen LogP contribution in [0.3, 0.4) is 0 Å². The third-order valence-corrected chi connectivity index (χ3v) is 8.23. The van der Waals surface area contributed by atoms with Crippen LogP contribution in [-0.2, 0) is 21.2 Å². The van der Waals surface area contributed by atoms with E-state index in [1.54, 1.807) is 16.6 Å². The van der Waals surface area contributed by atoms with E-state index in [2.05, 4.69) is 16.0 Å². The van der Waals surface area contributed by atoms with Gasteiger partial charge in [-0.3, -0.25) is 4.31 Å². The number of sulfonamides is 1. The van der Waals surface area contributed by atoms with Gasteiger partial charge in [0.2, 0.25) is 10.0 Å². The second kappa shape index (κ2) is 7.57. The lowest BCUT2D eigenvalue weighted by atomic mass is 9.74. The summed E-state index contributed by atoms with van der Waals surface area (Å²) < 4.78 is 28.5. The molecule has 6 nitrogen and oxygen atoms in total. The topological polar surface area (TPSA) is 79.5 Å². The Morgan fingerprint density at radius 2 is 1.68 bits per heavy atom. The van der Waals surface area contributed by atoms with Crippen LogP contribution in [-0.4, -0.2) is 33.0 Å². The third kappa shape index (κ3) is 3.63. The van der Waals surface area contributed by atoms with E-state index in [9.17, 15) is 8.42 Å². The molecule has 0 unspecified atom stereocenters. The summed E-state index contributed by atoms with van der Waals surface area (Å²) in [6.07, 6.45) is 3.48. The van der Waals surface area contributed by atoms with E-state index in [0.717, 1.165) is 48.6 Å². The lowest BCUT2D eigenvalue weighted by Crippen LogP contribution is -2.46. The van der Waals surface area contributed by atoms with Gasteiger partial charge in [0.05, 0.1) is 11.4 Å². The maximum absolute atomic E-state index is 13.4. The first-order chi connectivity index (χ1) is 15.0. The molecule has 0 amide bonds. The molecule has 0 bridgehead atoms. The SMILES string of the molecule is Nc1ccnc(N2CCC3(CC2)CN(S(=O)(=O)Cc2ccccc2)c2ccccc23)c1. The number of hydrogen-bond acceptors (Lipinski definition) is 5. The molecule has 0 saturated carbocycles. The normalized spacial score (nSPS) is 17.7. The summed E-state index contributed by atoms with van der Waals surface area (Å²) in [5.41, 5.74) is 9.25. The molecule has 7 heteroatoms. The molecule has 0 radical (unpaired) electrons. The summed E-state index contributed by atoms with van der Waals surface area (Å²) in [5.74, 6) is 0.895. The minimum atomic E-state index is -3.48. The first-order valence-electron chi connectivity index (χ1n) is 10.6. The van der Waals surface area contributed by atoms with Crippen molar-refractivity contribution in [1.82, 2.24) is 4.98 Å². The molecule has 2 aliphatic rings. The van der Waals surface area contributed by atoms with Gasteiger partial charge in [0.25, 0.3) is 0 Å².